The Morgan fingerprint density at radius 3 is 2.38 bits per heavy atom. The van der Waals surface area contributed by atoms with Crippen molar-refractivity contribution in [3.8, 4) is 5.75 Å². The Bertz CT molecular complexity index is 1210. The summed E-state index contributed by atoms with van der Waals surface area (Å²) in [6.45, 7) is 3.74. The maximum absolute atomic E-state index is 12.7. The van der Waals surface area contributed by atoms with Crippen LogP contribution in [0.15, 0.2) is 62.6 Å². The molecular weight excluding hydrogens is 396 g/mol. The van der Waals surface area contributed by atoms with Crippen LogP contribution in [0.2, 0.25) is 0 Å². The van der Waals surface area contributed by atoms with Gasteiger partial charge in [-0.15, -0.1) is 0 Å². The average Bonchev–Trinajstić information content (AvgIpc) is 2.67. The number of rotatable bonds is 6. The first kappa shape index (κ1) is 20.6. The molecule has 3 rings (SSSR count). The number of benzene rings is 2. The molecule has 0 aliphatic heterocycles. The molecule has 0 aliphatic rings. The number of ether oxygens (including phenoxy) is 1. The van der Waals surface area contributed by atoms with Crippen LogP contribution in [0.1, 0.15) is 24.2 Å². The monoisotopic (exact) mass is 416 g/mol. The van der Waals surface area contributed by atoms with Crippen LogP contribution in [-0.4, -0.2) is 27.5 Å². The molecule has 8 nitrogen and oxygen atoms in total. The highest BCUT2D eigenvalue weighted by atomic mass is 32.2. The van der Waals surface area contributed by atoms with Gasteiger partial charge in [0, 0.05) is 23.2 Å². The SMILES string of the molecule is CNS(=O)(=O)c1ccc(NC(=O)c2cc(=O)oc3cc(OC(C)C)ccc23)cc1. The largest absolute Gasteiger partial charge is 0.491 e. The summed E-state index contributed by atoms with van der Waals surface area (Å²) in [5.74, 6) is -0.000749. The first-order chi connectivity index (χ1) is 13.7. The van der Waals surface area contributed by atoms with E-state index in [1.54, 1.807) is 18.2 Å². The van der Waals surface area contributed by atoms with Crippen molar-refractivity contribution in [3.05, 3.63) is 64.5 Å². The van der Waals surface area contributed by atoms with Gasteiger partial charge >= 0.3 is 5.63 Å². The van der Waals surface area contributed by atoms with Gasteiger partial charge in [0.05, 0.1) is 16.6 Å². The lowest BCUT2D eigenvalue weighted by Crippen LogP contribution is -2.19. The van der Waals surface area contributed by atoms with Crippen molar-refractivity contribution < 1.29 is 22.4 Å². The Morgan fingerprint density at radius 2 is 1.76 bits per heavy atom. The summed E-state index contributed by atoms with van der Waals surface area (Å²) in [4.78, 5) is 24.7. The van der Waals surface area contributed by atoms with E-state index >= 15 is 0 Å². The molecular formula is C20H20N2O6S. The van der Waals surface area contributed by atoms with Crippen LogP contribution in [-0.2, 0) is 10.0 Å². The second-order valence-corrected chi connectivity index (χ2v) is 8.38. The van der Waals surface area contributed by atoms with Crippen molar-refractivity contribution in [2.75, 3.05) is 12.4 Å². The van der Waals surface area contributed by atoms with Crippen LogP contribution in [0.5, 0.6) is 5.75 Å². The maximum Gasteiger partial charge on any atom is 0.337 e. The smallest absolute Gasteiger partial charge is 0.337 e. The molecule has 0 bridgehead atoms. The minimum Gasteiger partial charge on any atom is -0.491 e. The molecule has 0 saturated carbocycles. The zero-order chi connectivity index (χ0) is 21.2. The van der Waals surface area contributed by atoms with E-state index in [1.165, 1.54) is 31.3 Å². The van der Waals surface area contributed by atoms with Crippen LogP contribution >= 0.6 is 0 Å². The minimum atomic E-state index is -3.57. The molecule has 0 aliphatic carbocycles. The first-order valence-electron chi connectivity index (χ1n) is 8.79. The molecule has 1 amide bonds. The number of hydrogen-bond acceptors (Lipinski definition) is 6. The van der Waals surface area contributed by atoms with E-state index in [2.05, 4.69) is 10.0 Å². The molecule has 29 heavy (non-hydrogen) atoms. The quantitative estimate of drug-likeness (QED) is 0.597. The number of hydrogen-bond donors (Lipinski definition) is 2. The van der Waals surface area contributed by atoms with Gasteiger partial charge in [-0.2, -0.15) is 0 Å². The van der Waals surface area contributed by atoms with E-state index in [1.807, 2.05) is 13.8 Å². The zero-order valence-electron chi connectivity index (χ0n) is 16.1. The summed E-state index contributed by atoms with van der Waals surface area (Å²) < 4.78 is 36.6. The van der Waals surface area contributed by atoms with Crippen LogP contribution in [0.25, 0.3) is 11.0 Å². The van der Waals surface area contributed by atoms with Gasteiger partial charge < -0.3 is 14.5 Å². The number of carbonyl (C=O) groups excluding carboxylic acids is 1. The molecule has 0 radical (unpaired) electrons. The van der Waals surface area contributed by atoms with Gasteiger partial charge in [-0.1, -0.05) is 0 Å². The predicted octanol–water partition coefficient (Wildman–Crippen LogP) is 2.74. The van der Waals surface area contributed by atoms with Gasteiger partial charge in [0.15, 0.2) is 0 Å². The van der Waals surface area contributed by atoms with Crippen LogP contribution < -0.4 is 20.4 Å². The average molecular weight is 416 g/mol. The summed E-state index contributed by atoms with van der Waals surface area (Å²) in [5.41, 5.74) is 0.0848. The van der Waals surface area contributed by atoms with E-state index < -0.39 is 21.6 Å². The van der Waals surface area contributed by atoms with E-state index in [0.717, 1.165) is 6.07 Å². The predicted molar refractivity (Wildman–Crippen MR) is 109 cm³/mol. The minimum absolute atomic E-state index is 0.0552. The van der Waals surface area contributed by atoms with Gasteiger partial charge in [-0.3, -0.25) is 4.79 Å². The lowest BCUT2D eigenvalue weighted by molar-refractivity contribution is 0.102. The number of carbonyl (C=O) groups is 1. The number of fused-ring (bicyclic) bond motifs is 1. The Kier molecular flexibility index (Phi) is 5.71. The molecule has 0 spiro atoms. The normalized spacial score (nSPS) is 11.6. The molecule has 1 heterocycles. The van der Waals surface area contributed by atoms with Crippen LogP contribution in [0.4, 0.5) is 5.69 Å². The fourth-order valence-electron chi connectivity index (χ4n) is 2.71. The Labute approximate surface area is 167 Å². The van der Waals surface area contributed by atoms with Crippen molar-refractivity contribution in [1.82, 2.24) is 4.72 Å². The number of anilines is 1. The van der Waals surface area contributed by atoms with Gasteiger partial charge in [0.2, 0.25) is 10.0 Å². The second-order valence-electron chi connectivity index (χ2n) is 6.49. The Morgan fingerprint density at radius 1 is 1.07 bits per heavy atom. The van der Waals surface area contributed by atoms with Crippen molar-refractivity contribution in [2.45, 2.75) is 24.8 Å². The number of sulfonamides is 1. The van der Waals surface area contributed by atoms with Crippen molar-refractivity contribution in [1.29, 1.82) is 0 Å². The fourth-order valence-corrected chi connectivity index (χ4v) is 3.44. The lowest BCUT2D eigenvalue weighted by atomic mass is 10.1. The fraction of sp³-hybridized carbons (Fsp3) is 0.200. The molecule has 3 aromatic rings. The second kappa shape index (κ2) is 8.06. The van der Waals surface area contributed by atoms with E-state index in [9.17, 15) is 18.0 Å². The Hall–Kier alpha value is -3.17. The molecule has 9 heteroatoms. The summed E-state index contributed by atoms with van der Waals surface area (Å²) >= 11 is 0. The molecule has 152 valence electrons. The maximum atomic E-state index is 12.7. The van der Waals surface area contributed by atoms with Crippen molar-refractivity contribution in [3.63, 3.8) is 0 Å². The highest BCUT2D eigenvalue weighted by Crippen LogP contribution is 2.24. The van der Waals surface area contributed by atoms with Gasteiger partial charge in [0.25, 0.3) is 5.91 Å². The topological polar surface area (TPSA) is 115 Å². The molecule has 0 saturated heterocycles. The van der Waals surface area contributed by atoms with Crippen molar-refractivity contribution in [2.24, 2.45) is 0 Å². The summed E-state index contributed by atoms with van der Waals surface area (Å²) in [6, 6.07) is 11.7. The van der Waals surface area contributed by atoms with Crippen LogP contribution in [0.3, 0.4) is 0 Å². The zero-order valence-corrected chi connectivity index (χ0v) is 16.9. The molecule has 0 fully saturated rings. The molecule has 2 N–H and O–H groups in total. The molecule has 0 atom stereocenters. The van der Waals surface area contributed by atoms with Gasteiger partial charge in [0.1, 0.15) is 11.3 Å². The third-order valence-electron chi connectivity index (χ3n) is 4.02. The van der Waals surface area contributed by atoms with Gasteiger partial charge in [-0.25, -0.2) is 17.9 Å². The van der Waals surface area contributed by atoms with E-state index in [4.69, 9.17) is 9.15 Å². The van der Waals surface area contributed by atoms with Crippen molar-refractivity contribution >= 4 is 32.6 Å². The third kappa shape index (κ3) is 4.64. The highest BCUT2D eigenvalue weighted by Gasteiger charge is 2.16. The van der Waals surface area contributed by atoms with Crippen LogP contribution in [0, 0.1) is 0 Å². The number of amides is 1. The standard InChI is InChI=1S/C20H20N2O6S/c1-12(2)27-14-6-9-16-17(11-19(23)28-18(16)10-14)20(24)22-13-4-7-15(8-5-13)29(25,26)21-3/h4-12,21H,1-3H3,(H,22,24). The summed E-state index contributed by atoms with van der Waals surface area (Å²) in [6.07, 6.45) is -0.0552. The first-order valence-corrected chi connectivity index (χ1v) is 10.3. The summed E-state index contributed by atoms with van der Waals surface area (Å²) in [7, 11) is -2.26. The summed E-state index contributed by atoms with van der Waals surface area (Å²) in [5, 5.41) is 3.11. The van der Waals surface area contributed by atoms with Gasteiger partial charge in [-0.05, 0) is 57.3 Å². The van der Waals surface area contributed by atoms with E-state index in [-0.39, 0.29) is 22.1 Å². The van der Waals surface area contributed by atoms with E-state index in [0.29, 0.717) is 16.8 Å². The molecule has 2 aromatic carbocycles. The number of nitrogens with one attached hydrogen (secondary N) is 2. The molecule has 1 aromatic heterocycles. The third-order valence-corrected chi connectivity index (χ3v) is 5.45. The molecule has 0 unspecified atom stereocenters. The lowest BCUT2D eigenvalue weighted by Gasteiger charge is -2.11. The Balaban J connectivity index is 1.92. The highest BCUT2D eigenvalue weighted by molar-refractivity contribution is 7.89.